The van der Waals surface area contributed by atoms with E-state index in [-0.39, 0.29) is 6.04 Å². The Morgan fingerprint density at radius 3 is 2.19 bits per heavy atom. The maximum atomic E-state index is 6.82. The van der Waals surface area contributed by atoms with Gasteiger partial charge in [-0.1, -0.05) is 104 Å². The number of benzene rings is 3. The van der Waals surface area contributed by atoms with Crippen molar-refractivity contribution >= 4 is 30.0 Å². The Morgan fingerprint density at radius 2 is 1.52 bits per heavy atom. The predicted octanol–water partition coefficient (Wildman–Crippen LogP) is 9.75. The van der Waals surface area contributed by atoms with Crippen LogP contribution in [0.25, 0.3) is 47.1 Å². The molecule has 1 atom stereocenters. The van der Waals surface area contributed by atoms with E-state index in [1.165, 1.54) is 16.8 Å². The van der Waals surface area contributed by atoms with Gasteiger partial charge in [-0.15, -0.1) is 5.12 Å². The summed E-state index contributed by atoms with van der Waals surface area (Å²) in [6, 6.07) is 32.7. The number of nitrogens with one attached hydrogen (secondary N) is 2. The normalized spacial score (nSPS) is 12.9. The number of nitrogens with zero attached hydrogens (tertiary/aromatic N) is 3. The van der Waals surface area contributed by atoms with E-state index >= 15 is 0 Å². The van der Waals surface area contributed by atoms with Gasteiger partial charge in [0.25, 0.3) is 0 Å². The quantitative estimate of drug-likeness (QED) is 0.0989. The SMILES string of the molecule is C=Cc1c(C=C)c(-c2c(C)c3c(n2-c2c[nH]c(C(c4ccccc4)N(N)Nc4ccccc4)c2)C=CC3)n(-c2ccccc2)c1/C=C\C. The number of anilines is 1. The molecule has 6 heteroatoms. The number of allylic oxidation sites excluding steroid dienone is 2. The van der Waals surface area contributed by atoms with E-state index in [1.807, 2.05) is 67.6 Å². The molecule has 0 radical (unpaired) electrons. The zero-order chi connectivity index (χ0) is 33.2. The number of fused-ring (bicyclic) bond motifs is 1. The number of aromatic nitrogens is 3. The summed E-state index contributed by atoms with van der Waals surface area (Å²) in [5.74, 6) is 6.82. The van der Waals surface area contributed by atoms with Gasteiger partial charge in [0.05, 0.1) is 28.5 Å². The van der Waals surface area contributed by atoms with Crippen LogP contribution in [0, 0.1) is 6.92 Å². The highest BCUT2D eigenvalue weighted by atomic mass is 15.7. The van der Waals surface area contributed by atoms with Crippen LogP contribution in [0.4, 0.5) is 5.69 Å². The molecule has 6 aromatic rings. The summed E-state index contributed by atoms with van der Waals surface area (Å²) in [5.41, 5.74) is 17.5. The van der Waals surface area contributed by atoms with Crippen LogP contribution < -0.4 is 11.3 Å². The summed E-state index contributed by atoms with van der Waals surface area (Å²) in [4.78, 5) is 3.61. The molecule has 0 saturated heterocycles. The molecular formula is C42H40N6. The van der Waals surface area contributed by atoms with Gasteiger partial charge in [-0.25, -0.2) is 5.84 Å². The Labute approximate surface area is 282 Å². The zero-order valence-electron chi connectivity index (χ0n) is 27.4. The van der Waals surface area contributed by atoms with E-state index in [1.54, 1.807) is 5.12 Å². The molecule has 0 fully saturated rings. The Hall–Kier alpha value is -5.82. The molecule has 238 valence electrons. The molecule has 0 amide bonds. The Morgan fingerprint density at radius 1 is 0.854 bits per heavy atom. The summed E-state index contributed by atoms with van der Waals surface area (Å²) in [5, 5.41) is 1.67. The van der Waals surface area contributed by atoms with Gasteiger partial charge in [-0.05, 0) is 79.4 Å². The third-order valence-electron chi connectivity index (χ3n) is 9.10. The second-order valence-electron chi connectivity index (χ2n) is 11.9. The zero-order valence-corrected chi connectivity index (χ0v) is 27.4. The minimum atomic E-state index is -0.297. The number of aromatic amines is 1. The number of hydrogen-bond acceptors (Lipinski definition) is 3. The number of rotatable bonds is 11. The van der Waals surface area contributed by atoms with Crippen LogP contribution >= 0.6 is 0 Å². The summed E-state index contributed by atoms with van der Waals surface area (Å²) in [7, 11) is 0. The summed E-state index contributed by atoms with van der Waals surface area (Å²) < 4.78 is 4.73. The molecule has 0 aliphatic heterocycles. The lowest BCUT2D eigenvalue weighted by molar-refractivity contribution is 0.280. The molecule has 1 aliphatic rings. The van der Waals surface area contributed by atoms with Crippen LogP contribution in [-0.4, -0.2) is 19.2 Å². The maximum absolute atomic E-state index is 6.82. The van der Waals surface area contributed by atoms with Crippen LogP contribution in [0.1, 0.15) is 57.9 Å². The predicted molar refractivity (Wildman–Crippen MR) is 202 cm³/mol. The molecule has 1 aliphatic carbocycles. The Balaban J connectivity index is 1.45. The smallest absolute Gasteiger partial charge is 0.110 e. The van der Waals surface area contributed by atoms with Crippen molar-refractivity contribution in [3.63, 3.8) is 0 Å². The lowest BCUT2D eigenvalue weighted by Gasteiger charge is -2.28. The fraction of sp³-hybridized carbons (Fsp3) is 0.0952. The third-order valence-corrected chi connectivity index (χ3v) is 9.10. The van der Waals surface area contributed by atoms with Gasteiger partial charge in [0.2, 0.25) is 0 Å². The van der Waals surface area contributed by atoms with Crippen molar-refractivity contribution in [2.24, 2.45) is 5.84 Å². The molecular weight excluding hydrogens is 589 g/mol. The van der Waals surface area contributed by atoms with Crippen LogP contribution in [0.2, 0.25) is 0 Å². The monoisotopic (exact) mass is 628 g/mol. The molecule has 3 aromatic heterocycles. The second-order valence-corrected chi connectivity index (χ2v) is 11.9. The Kier molecular flexibility index (Phi) is 8.42. The van der Waals surface area contributed by atoms with E-state index in [9.17, 15) is 0 Å². The van der Waals surface area contributed by atoms with E-state index in [0.29, 0.717) is 0 Å². The highest BCUT2D eigenvalue weighted by Gasteiger charge is 2.30. The van der Waals surface area contributed by atoms with Gasteiger partial charge >= 0.3 is 0 Å². The molecule has 0 bridgehead atoms. The van der Waals surface area contributed by atoms with Crippen molar-refractivity contribution in [3.8, 4) is 22.8 Å². The first-order valence-electron chi connectivity index (χ1n) is 16.3. The van der Waals surface area contributed by atoms with Gasteiger partial charge in [-0.2, -0.15) is 0 Å². The van der Waals surface area contributed by atoms with Gasteiger partial charge in [0.15, 0.2) is 0 Å². The Bertz CT molecular complexity index is 2140. The van der Waals surface area contributed by atoms with E-state index in [2.05, 4.69) is 119 Å². The minimum absolute atomic E-state index is 0.297. The number of hydrogen-bond donors (Lipinski definition) is 3. The van der Waals surface area contributed by atoms with Crippen molar-refractivity contribution in [1.29, 1.82) is 0 Å². The highest BCUT2D eigenvalue weighted by Crippen LogP contribution is 2.44. The lowest BCUT2D eigenvalue weighted by atomic mass is 10.0. The van der Waals surface area contributed by atoms with E-state index in [4.69, 9.17) is 5.84 Å². The largest absolute Gasteiger partial charge is 0.361 e. The first-order valence-corrected chi connectivity index (χ1v) is 16.3. The summed E-state index contributed by atoms with van der Waals surface area (Å²) in [6.45, 7) is 12.8. The maximum Gasteiger partial charge on any atom is 0.110 e. The van der Waals surface area contributed by atoms with E-state index in [0.717, 1.165) is 62.9 Å². The van der Waals surface area contributed by atoms with Crippen molar-refractivity contribution in [2.75, 3.05) is 5.43 Å². The molecule has 7 rings (SSSR count). The fourth-order valence-corrected chi connectivity index (χ4v) is 7.02. The number of hydrazine groups is 2. The average molecular weight is 629 g/mol. The molecule has 3 heterocycles. The first kappa shape index (κ1) is 30.8. The van der Waals surface area contributed by atoms with Crippen LogP contribution in [0.5, 0.6) is 0 Å². The van der Waals surface area contributed by atoms with Gasteiger partial charge in [0, 0.05) is 34.4 Å². The van der Waals surface area contributed by atoms with Gasteiger partial charge in [0.1, 0.15) is 6.04 Å². The summed E-state index contributed by atoms with van der Waals surface area (Å²) >= 11 is 0. The summed E-state index contributed by atoms with van der Waals surface area (Å²) in [6.07, 6.45) is 15.6. The standard InChI is InChI=1S/C42H40N6/c1-5-18-38-34(6-2)35(7-3)42(46(38)32-23-15-10-16-24-32)40-29(4)36-25-17-26-39(36)47(40)33-27-37(44-28-33)41(30-19-11-8-12-20-30)48(43)45-31-21-13-9-14-22-31/h5-24,26-28,41,44-45H,2-3,25,43H2,1,4H3/b18-5-. The van der Waals surface area contributed by atoms with Crippen molar-refractivity contribution in [2.45, 2.75) is 26.3 Å². The number of para-hydroxylation sites is 2. The van der Waals surface area contributed by atoms with Gasteiger partial charge < -0.3 is 19.5 Å². The molecule has 48 heavy (non-hydrogen) atoms. The van der Waals surface area contributed by atoms with Crippen LogP contribution in [-0.2, 0) is 6.42 Å². The van der Waals surface area contributed by atoms with Gasteiger partial charge in [-0.3, -0.25) is 0 Å². The number of H-pyrrole nitrogens is 1. The molecule has 0 saturated carbocycles. The lowest BCUT2D eigenvalue weighted by Crippen LogP contribution is -2.40. The molecule has 3 aromatic carbocycles. The van der Waals surface area contributed by atoms with E-state index < -0.39 is 0 Å². The van der Waals surface area contributed by atoms with Crippen molar-refractivity contribution < 1.29 is 0 Å². The topological polar surface area (TPSA) is 66.9 Å². The van der Waals surface area contributed by atoms with Crippen molar-refractivity contribution in [1.82, 2.24) is 19.2 Å². The molecule has 4 N–H and O–H groups in total. The van der Waals surface area contributed by atoms with Crippen LogP contribution in [0.15, 0.2) is 129 Å². The highest BCUT2D eigenvalue weighted by molar-refractivity contribution is 5.88. The third kappa shape index (κ3) is 5.27. The minimum Gasteiger partial charge on any atom is -0.361 e. The molecule has 0 spiro atoms. The van der Waals surface area contributed by atoms with Crippen LogP contribution in [0.3, 0.4) is 0 Å². The number of nitrogens with two attached hydrogens (primary N) is 1. The average Bonchev–Trinajstić information content (AvgIpc) is 3.90. The fourth-order valence-electron chi connectivity index (χ4n) is 7.02. The van der Waals surface area contributed by atoms with Crippen molar-refractivity contribution in [3.05, 3.63) is 173 Å². The molecule has 6 nitrogen and oxygen atoms in total. The second kappa shape index (κ2) is 13.1. The molecule has 1 unspecified atom stereocenters. The first-order chi connectivity index (χ1) is 23.5.